The van der Waals surface area contributed by atoms with Gasteiger partial charge in [-0.2, -0.15) is 0 Å². The number of rotatable bonds is 5. The Morgan fingerprint density at radius 2 is 2.22 bits per heavy atom. The van der Waals surface area contributed by atoms with Crippen LogP contribution in [0.15, 0.2) is 18.2 Å². The Balaban J connectivity index is 1.88. The van der Waals surface area contributed by atoms with E-state index in [1.807, 2.05) is 0 Å². The molecule has 1 heterocycles. The molecule has 0 bridgehead atoms. The van der Waals surface area contributed by atoms with E-state index >= 15 is 0 Å². The summed E-state index contributed by atoms with van der Waals surface area (Å²) in [4.78, 5) is 11.0. The lowest BCUT2D eigenvalue weighted by Gasteiger charge is -2.09. The first-order valence-electron chi connectivity index (χ1n) is 5.51. The third-order valence-electron chi connectivity index (χ3n) is 2.31. The summed E-state index contributed by atoms with van der Waals surface area (Å²) in [5.74, 6) is 0.210. The van der Waals surface area contributed by atoms with Crippen molar-refractivity contribution in [2.24, 2.45) is 0 Å². The first-order valence-corrected chi connectivity index (χ1v) is 5.51. The molecule has 1 aromatic rings. The molecule has 98 valence electrons. The predicted octanol–water partition coefficient (Wildman–Crippen LogP) is 1.79. The lowest BCUT2D eigenvalue weighted by atomic mass is 10.2. The van der Waals surface area contributed by atoms with Gasteiger partial charge in [-0.15, -0.1) is 0 Å². The second-order valence-corrected chi connectivity index (χ2v) is 3.57. The van der Waals surface area contributed by atoms with Crippen molar-refractivity contribution >= 4 is 5.97 Å². The van der Waals surface area contributed by atoms with Gasteiger partial charge in [-0.3, -0.25) is 0 Å². The summed E-state index contributed by atoms with van der Waals surface area (Å²) in [5, 5.41) is 0. The van der Waals surface area contributed by atoms with Crippen LogP contribution >= 0.6 is 0 Å². The summed E-state index contributed by atoms with van der Waals surface area (Å²) in [7, 11) is 0. The van der Waals surface area contributed by atoms with Crippen LogP contribution in [0.3, 0.4) is 0 Å². The number of halogens is 1. The van der Waals surface area contributed by atoms with Crippen molar-refractivity contribution in [2.75, 3.05) is 13.4 Å². The van der Waals surface area contributed by atoms with Crippen molar-refractivity contribution in [3.05, 3.63) is 23.8 Å². The summed E-state index contributed by atoms with van der Waals surface area (Å²) >= 11 is 0. The standard InChI is InChI=1S/C12H13FO5/c1-2-15-12(14)11(13)16-6-8-3-4-9-10(5-8)18-7-17-9/h3-5,11H,2,6-7H2,1H3. The van der Waals surface area contributed by atoms with Crippen LogP contribution in [-0.2, 0) is 20.9 Å². The van der Waals surface area contributed by atoms with E-state index in [0.29, 0.717) is 17.1 Å². The van der Waals surface area contributed by atoms with Gasteiger partial charge in [-0.25, -0.2) is 9.18 Å². The monoisotopic (exact) mass is 256 g/mol. The second kappa shape index (κ2) is 5.68. The van der Waals surface area contributed by atoms with Crippen LogP contribution in [0.1, 0.15) is 12.5 Å². The number of esters is 1. The molecule has 0 saturated carbocycles. The lowest BCUT2D eigenvalue weighted by molar-refractivity contribution is -0.170. The molecular formula is C12H13FO5. The third-order valence-corrected chi connectivity index (χ3v) is 2.31. The summed E-state index contributed by atoms with van der Waals surface area (Å²) in [6.45, 7) is 1.85. The minimum Gasteiger partial charge on any atom is -0.462 e. The predicted molar refractivity (Wildman–Crippen MR) is 58.9 cm³/mol. The molecule has 0 spiro atoms. The van der Waals surface area contributed by atoms with E-state index in [1.54, 1.807) is 25.1 Å². The zero-order chi connectivity index (χ0) is 13.0. The van der Waals surface area contributed by atoms with Crippen LogP contribution in [0.2, 0.25) is 0 Å². The second-order valence-electron chi connectivity index (χ2n) is 3.57. The molecule has 5 nitrogen and oxygen atoms in total. The van der Waals surface area contributed by atoms with Gasteiger partial charge in [0.2, 0.25) is 6.79 Å². The quantitative estimate of drug-likeness (QED) is 0.752. The molecule has 0 N–H and O–H groups in total. The van der Waals surface area contributed by atoms with Gasteiger partial charge in [-0.05, 0) is 24.6 Å². The highest BCUT2D eigenvalue weighted by atomic mass is 19.1. The van der Waals surface area contributed by atoms with Crippen molar-refractivity contribution in [3.63, 3.8) is 0 Å². The molecular weight excluding hydrogens is 243 g/mol. The Labute approximate surface area is 103 Å². The largest absolute Gasteiger partial charge is 0.462 e. The van der Waals surface area contributed by atoms with E-state index < -0.39 is 12.3 Å². The van der Waals surface area contributed by atoms with Gasteiger partial charge in [0.1, 0.15) is 0 Å². The van der Waals surface area contributed by atoms with E-state index in [9.17, 15) is 9.18 Å². The molecule has 1 unspecified atom stereocenters. The minimum absolute atomic E-state index is 0.0450. The topological polar surface area (TPSA) is 54.0 Å². The van der Waals surface area contributed by atoms with Crippen molar-refractivity contribution in [2.45, 2.75) is 19.9 Å². The summed E-state index contributed by atoms with van der Waals surface area (Å²) in [6.07, 6.45) is -2.07. The van der Waals surface area contributed by atoms with Crippen molar-refractivity contribution in [1.29, 1.82) is 0 Å². The van der Waals surface area contributed by atoms with E-state index in [0.717, 1.165) is 0 Å². The molecule has 18 heavy (non-hydrogen) atoms. The van der Waals surface area contributed by atoms with E-state index in [-0.39, 0.29) is 20.0 Å². The van der Waals surface area contributed by atoms with Crippen LogP contribution < -0.4 is 9.47 Å². The highest BCUT2D eigenvalue weighted by Crippen LogP contribution is 2.32. The Kier molecular flexibility index (Phi) is 3.99. The maximum absolute atomic E-state index is 13.2. The van der Waals surface area contributed by atoms with Crippen LogP contribution in [-0.4, -0.2) is 25.7 Å². The number of hydrogen-bond acceptors (Lipinski definition) is 5. The molecule has 2 rings (SSSR count). The number of carbonyl (C=O) groups excluding carboxylic acids is 1. The molecule has 0 aliphatic carbocycles. The van der Waals surface area contributed by atoms with Crippen LogP contribution in [0.5, 0.6) is 11.5 Å². The Bertz CT molecular complexity index is 434. The molecule has 1 aliphatic rings. The van der Waals surface area contributed by atoms with E-state index in [1.165, 1.54) is 0 Å². The fourth-order valence-corrected chi connectivity index (χ4v) is 1.48. The van der Waals surface area contributed by atoms with Crippen LogP contribution in [0.4, 0.5) is 4.39 Å². The van der Waals surface area contributed by atoms with Gasteiger partial charge in [0.15, 0.2) is 11.5 Å². The van der Waals surface area contributed by atoms with Crippen molar-refractivity contribution in [1.82, 2.24) is 0 Å². The first-order chi connectivity index (χ1) is 8.70. The zero-order valence-corrected chi connectivity index (χ0v) is 9.85. The van der Waals surface area contributed by atoms with Gasteiger partial charge in [0, 0.05) is 0 Å². The maximum Gasteiger partial charge on any atom is 0.368 e. The summed E-state index contributed by atoms with van der Waals surface area (Å²) < 4.78 is 32.7. The zero-order valence-electron chi connectivity index (χ0n) is 9.85. The SMILES string of the molecule is CCOC(=O)C(F)OCc1ccc2c(c1)OCO2. The van der Waals surface area contributed by atoms with Gasteiger partial charge >= 0.3 is 5.97 Å². The fraction of sp³-hybridized carbons (Fsp3) is 0.417. The van der Waals surface area contributed by atoms with Crippen molar-refractivity contribution in [3.8, 4) is 11.5 Å². The van der Waals surface area contributed by atoms with Gasteiger partial charge < -0.3 is 18.9 Å². The Hall–Kier alpha value is -1.82. The number of fused-ring (bicyclic) bond motifs is 1. The normalized spacial score (nSPS) is 14.3. The van der Waals surface area contributed by atoms with Gasteiger partial charge in [0.25, 0.3) is 6.36 Å². The van der Waals surface area contributed by atoms with Crippen LogP contribution in [0, 0.1) is 0 Å². The highest BCUT2D eigenvalue weighted by molar-refractivity contribution is 5.72. The molecule has 6 heteroatoms. The number of ether oxygens (including phenoxy) is 4. The third kappa shape index (κ3) is 2.89. The smallest absolute Gasteiger partial charge is 0.368 e. The first kappa shape index (κ1) is 12.6. The minimum atomic E-state index is -2.07. The fourth-order valence-electron chi connectivity index (χ4n) is 1.48. The molecule has 1 aliphatic heterocycles. The van der Waals surface area contributed by atoms with Crippen LogP contribution in [0.25, 0.3) is 0 Å². The van der Waals surface area contributed by atoms with Gasteiger partial charge in [-0.1, -0.05) is 6.07 Å². The summed E-state index contributed by atoms with van der Waals surface area (Å²) in [5.41, 5.74) is 0.686. The van der Waals surface area contributed by atoms with Gasteiger partial charge in [0.05, 0.1) is 13.2 Å². The molecule has 0 aromatic heterocycles. The molecule has 1 atom stereocenters. The summed E-state index contributed by atoms with van der Waals surface area (Å²) in [6, 6.07) is 5.10. The molecule has 0 radical (unpaired) electrons. The maximum atomic E-state index is 13.2. The Morgan fingerprint density at radius 1 is 1.44 bits per heavy atom. The van der Waals surface area contributed by atoms with E-state index in [4.69, 9.17) is 14.2 Å². The number of benzene rings is 1. The highest BCUT2D eigenvalue weighted by Gasteiger charge is 2.20. The molecule has 0 amide bonds. The molecule has 0 saturated heterocycles. The number of carbonyl (C=O) groups is 1. The average Bonchev–Trinajstić information content (AvgIpc) is 2.83. The lowest BCUT2D eigenvalue weighted by Crippen LogP contribution is -2.21. The average molecular weight is 256 g/mol. The van der Waals surface area contributed by atoms with Crippen molar-refractivity contribution < 1.29 is 28.1 Å². The molecule has 0 fully saturated rings. The van der Waals surface area contributed by atoms with E-state index in [2.05, 4.69) is 4.74 Å². The number of alkyl halides is 1. The molecule has 1 aromatic carbocycles. The number of hydrogen-bond donors (Lipinski definition) is 0. The Morgan fingerprint density at radius 3 is 3.00 bits per heavy atom.